The van der Waals surface area contributed by atoms with Gasteiger partial charge in [-0.2, -0.15) is 0 Å². The van der Waals surface area contributed by atoms with Gasteiger partial charge in [-0.1, -0.05) is 61.2 Å². The Morgan fingerprint density at radius 1 is 1.00 bits per heavy atom. The van der Waals surface area contributed by atoms with Crippen LogP contribution in [0.5, 0.6) is 0 Å². The topological polar surface area (TPSA) is 58.2 Å². The Morgan fingerprint density at radius 3 is 2.50 bits per heavy atom. The van der Waals surface area contributed by atoms with Crippen molar-refractivity contribution < 1.29 is 9.59 Å². The molecule has 4 nitrogen and oxygen atoms in total. The average molecular weight is 399 g/mol. The Bertz CT molecular complexity index is 802. The molecule has 0 radical (unpaired) electrons. The molecule has 1 aliphatic rings. The molecule has 0 saturated heterocycles. The second-order valence-corrected chi connectivity index (χ2v) is 7.80. The minimum atomic E-state index is -0.108. The van der Waals surface area contributed by atoms with Crippen LogP contribution in [0, 0.1) is 0 Å². The van der Waals surface area contributed by atoms with Gasteiger partial charge in [-0.05, 0) is 49.4 Å². The van der Waals surface area contributed by atoms with E-state index < -0.39 is 0 Å². The summed E-state index contributed by atoms with van der Waals surface area (Å²) in [6.45, 7) is 0. The predicted octanol–water partition coefficient (Wildman–Crippen LogP) is 5.36. The molecule has 28 heavy (non-hydrogen) atoms. The van der Waals surface area contributed by atoms with Gasteiger partial charge in [0.15, 0.2) is 0 Å². The molecule has 1 fully saturated rings. The molecule has 2 amide bonds. The van der Waals surface area contributed by atoms with E-state index >= 15 is 0 Å². The summed E-state index contributed by atoms with van der Waals surface area (Å²) in [5.74, 6) is -0.203. The normalized spacial score (nSPS) is 14.5. The van der Waals surface area contributed by atoms with Crippen molar-refractivity contribution in [3.8, 4) is 0 Å². The highest BCUT2D eigenvalue weighted by molar-refractivity contribution is 6.33. The molecule has 2 aromatic rings. The van der Waals surface area contributed by atoms with Crippen LogP contribution in [0.25, 0.3) is 0 Å². The molecule has 2 N–H and O–H groups in total. The van der Waals surface area contributed by atoms with E-state index in [0.29, 0.717) is 22.7 Å². The summed E-state index contributed by atoms with van der Waals surface area (Å²) >= 11 is 6.22. The molecular weight excluding hydrogens is 372 g/mol. The number of carbonyl (C=O) groups excluding carboxylic acids is 2. The number of anilines is 1. The van der Waals surface area contributed by atoms with Crippen LogP contribution >= 0.6 is 11.6 Å². The number of hydrogen-bond acceptors (Lipinski definition) is 2. The zero-order valence-corrected chi connectivity index (χ0v) is 16.8. The Morgan fingerprint density at radius 2 is 1.75 bits per heavy atom. The first-order valence-electron chi connectivity index (χ1n) is 10.1. The number of aryl methyl sites for hydroxylation is 1. The molecule has 1 aliphatic carbocycles. The molecule has 0 spiro atoms. The van der Waals surface area contributed by atoms with E-state index in [2.05, 4.69) is 22.8 Å². The SMILES string of the molecule is O=C(CCCc1ccccc1)Nc1cc(C(=O)NC2CCCCC2)ccc1Cl. The molecule has 3 rings (SSSR count). The quantitative estimate of drug-likeness (QED) is 0.659. The standard InChI is InChI=1S/C23H27ClN2O2/c24-20-15-14-18(23(28)25-19-11-5-2-6-12-19)16-21(20)26-22(27)13-7-10-17-8-3-1-4-9-17/h1,3-4,8-9,14-16,19H,2,5-7,10-13H2,(H,25,28)(H,26,27). The van der Waals surface area contributed by atoms with E-state index in [4.69, 9.17) is 11.6 Å². The van der Waals surface area contributed by atoms with Crippen LogP contribution in [0.2, 0.25) is 5.02 Å². The highest BCUT2D eigenvalue weighted by Crippen LogP contribution is 2.24. The average Bonchev–Trinajstić information content (AvgIpc) is 2.71. The molecule has 0 aromatic heterocycles. The largest absolute Gasteiger partial charge is 0.349 e. The van der Waals surface area contributed by atoms with Crippen LogP contribution in [-0.4, -0.2) is 17.9 Å². The summed E-state index contributed by atoms with van der Waals surface area (Å²) in [5.41, 5.74) is 2.23. The molecule has 0 atom stereocenters. The van der Waals surface area contributed by atoms with Crippen molar-refractivity contribution in [2.75, 3.05) is 5.32 Å². The Labute approximate surface area is 171 Å². The van der Waals surface area contributed by atoms with Crippen molar-refractivity contribution in [3.05, 3.63) is 64.7 Å². The van der Waals surface area contributed by atoms with Crippen LogP contribution in [0.4, 0.5) is 5.69 Å². The minimum absolute atomic E-state index is 0.0948. The first-order valence-corrected chi connectivity index (χ1v) is 10.4. The van der Waals surface area contributed by atoms with Gasteiger partial charge in [-0.15, -0.1) is 0 Å². The fraction of sp³-hybridized carbons (Fsp3) is 0.391. The van der Waals surface area contributed by atoms with Crippen molar-refractivity contribution in [1.29, 1.82) is 0 Å². The zero-order valence-electron chi connectivity index (χ0n) is 16.0. The Hall–Kier alpha value is -2.33. The summed E-state index contributed by atoms with van der Waals surface area (Å²) in [7, 11) is 0. The predicted molar refractivity (Wildman–Crippen MR) is 114 cm³/mol. The zero-order chi connectivity index (χ0) is 19.8. The first-order chi connectivity index (χ1) is 13.6. The van der Waals surface area contributed by atoms with Crippen molar-refractivity contribution in [1.82, 2.24) is 5.32 Å². The lowest BCUT2D eigenvalue weighted by molar-refractivity contribution is -0.116. The maximum absolute atomic E-state index is 12.5. The number of carbonyl (C=O) groups is 2. The van der Waals surface area contributed by atoms with Crippen LogP contribution in [-0.2, 0) is 11.2 Å². The maximum Gasteiger partial charge on any atom is 0.251 e. The van der Waals surface area contributed by atoms with Gasteiger partial charge in [0.2, 0.25) is 5.91 Å². The number of benzene rings is 2. The van der Waals surface area contributed by atoms with Crippen LogP contribution < -0.4 is 10.6 Å². The molecule has 1 saturated carbocycles. The molecule has 148 valence electrons. The summed E-state index contributed by atoms with van der Waals surface area (Å²) in [6, 6.07) is 15.4. The van der Waals surface area contributed by atoms with E-state index in [0.717, 1.165) is 38.5 Å². The van der Waals surface area contributed by atoms with Crippen molar-refractivity contribution >= 4 is 29.1 Å². The van der Waals surface area contributed by atoms with Gasteiger partial charge >= 0.3 is 0 Å². The first kappa shape index (κ1) is 20.4. The molecule has 2 aromatic carbocycles. The summed E-state index contributed by atoms with van der Waals surface area (Å²) in [4.78, 5) is 24.8. The second kappa shape index (κ2) is 10.3. The highest BCUT2D eigenvalue weighted by Gasteiger charge is 2.17. The molecule has 0 heterocycles. The van der Waals surface area contributed by atoms with Gasteiger partial charge in [0, 0.05) is 18.0 Å². The third kappa shape index (κ3) is 6.10. The van der Waals surface area contributed by atoms with E-state index in [1.165, 1.54) is 12.0 Å². The fourth-order valence-corrected chi connectivity index (χ4v) is 3.75. The monoisotopic (exact) mass is 398 g/mol. The van der Waals surface area contributed by atoms with Crippen LogP contribution in [0.3, 0.4) is 0 Å². The minimum Gasteiger partial charge on any atom is -0.349 e. The van der Waals surface area contributed by atoms with Crippen LogP contribution in [0.1, 0.15) is 60.9 Å². The fourth-order valence-electron chi connectivity index (χ4n) is 3.59. The maximum atomic E-state index is 12.5. The molecule has 5 heteroatoms. The number of rotatable bonds is 7. The van der Waals surface area contributed by atoms with E-state index in [9.17, 15) is 9.59 Å². The van der Waals surface area contributed by atoms with Gasteiger partial charge in [0.1, 0.15) is 0 Å². The third-order valence-corrected chi connectivity index (χ3v) is 5.48. The summed E-state index contributed by atoms with van der Waals surface area (Å²) < 4.78 is 0. The van der Waals surface area contributed by atoms with Gasteiger partial charge < -0.3 is 10.6 Å². The van der Waals surface area contributed by atoms with E-state index in [1.807, 2.05) is 18.2 Å². The third-order valence-electron chi connectivity index (χ3n) is 5.16. The van der Waals surface area contributed by atoms with Gasteiger partial charge in [-0.3, -0.25) is 9.59 Å². The number of amides is 2. The second-order valence-electron chi connectivity index (χ2n) is 7.39. The van der Waals surface area contributed by atoms with Crippen LogP contribution in [0.15, 0.2) is 48.5 Å². The lowest BCUT2D eigenvalue weighted by Gasteiger charge is -2.23. The summed E-state index contributed by atoms with van der Waals surface area (Å²) in [6.07, 6.45) is 7.65. The summed E-state index contributed by atoms with van der Waals surface area (Å²) in [5, 5.41) is 6.37. The van der Waals surface area contributed by atoms with Gasteiger partial charge in [0.25, 0.3) is 5.91 Å². The Kier molecular flexibility index (Phi) is 7.49. The molecule has 0 unspecified atom stereocenters. The van der Waals surface area contributed by atoms with E-state index in [1.54, 1.807) is 18.2 Å². The lowest BCUT2D eigenvalue weighted by Crippen LogP contribution is -2.36. The van der Waals surface area contributed by atoms with Gasteiger partial charge in [0.05, 0.1) is 10.7 Å². The molecule has 0 aliphatic heterocycles. The smallest absolute Gasteiger partial charge is 0.251 e. The Balaban J connectivity index is 1.53. The highest BCUT2D eigenvalue weighted by atomic mass is 35.5. The molecular formula is C23H27ClN2O2. The van der Waals surface area contributed by atoms with Gasteiger partial charge in [-0.25, -0.2) is 0 Å². The lowest BCUT2D eigenvalue weighted by atomic mass is 9.95. The van der Waals surface area contributed by atoms with E-state index in [-0.39, 0.29) is 17.9 Å². The number of nitrogens with one attached hydrogen (secondary N) is 2. The van der Waals surface area contributed by atoms with Crippen molar-refractivity contribution in [3.63, 3.8) is 0 Å². The number of hydrogen-bond donors (Lipinski definition) is 2. The molecule has 0 bridgehead atoms. The van der Waals surface area contributed by atoms with Crippen molar-refractivity contribution in [2.24, 2.45) is 0 Å². The van der Waals surface area contributed by atoms with Crippen molar-refractivity contribution in [2.45, 2.75) is 57.4 Å². The number of halogens is 1.